The highest BCUT2D eigenvalue weighted by Crippen LogP contribution is 2.30. The van der Waals surface area contributed by atoms with E-state index in [2.05, 4.69) is 24.9 Å². The van der Waals surface area contributed by atoms with E-state index in [9.17, 15) is 4.79 Å². The molecule has 3 unspecified atom stereocenters. The van der Waals surface area contributed by atoms with Gasteiger partial charge in [0.25, 0.3) is 0 Å². The van der Waals surface area contributed by atoms with Gasteiger partial charge in [-0.25, -0.2) is 0 Å². The Morgan fingerprint density at radius 1 is 1.40 bits per heavy atom. The van der Waals surface area contributed by atoms with Crippen LogP contribution in [-0.2, 0) is 11.2 Å². The number of hydrogen-bond acceptors (Lipinski definition) is 3. The van der Waals surface area contributed by atoms with Gasteiger partial charge in [0.1, 0.15) is 0 Å². The Morgan fingerprint density at radius 3 is 2.85 bits per heavy atom. The zero-order valence-corrected chi connectivity index (χ0v) is 13.6. The summed E-state index contributed by atoms with van der Waals surface area (Å²) in [6, 6.07) is 10.4. The van der Waals surface area contributed by atoms with E-state index in [0.29, 0.717) is 17.7 Å². The molecule has 0 aliphatic heterocycles. The van der Waals surface area contributed by atoms with Crippen molar-refractivity contribution in [1.82, 2.24) is 5.32 Å². The van der Waals surface area contributed by atoms with Crippen molar-refractivity contribution < 1.29 is 4.79 Å². The lowest BCUT2D eigenvalue weighted by molar-refractivity contribution is -0.121. The molecule has 0 aromatic heterocycles. The first-order valence-electron chi connectivity index (χ1n) is 7.34. The molecule has 4 heteroatoms. The molecule has 1 aliphatic carbocycles. The normalized spacial score (nSPS) is 23.5. The number of thiol groups is 1. The molecule has 1 aromatic carbocycles. The van der Waals surface area contributed by atoms with Gasteiger partial charge in [-0.15, -0.1) is 0 Å². The summed E-state index contributed by atoms with van der Waals surface area (Å²) in [6.07, 6.45) is 4.24. The fraction of sp³-hybridized carbons (Fsp3) is 0.562. The number of hydrogen-bond donors (Lipinski definition) is 2. The average molecular weight is 310 g/mol. The number of benzene rings is 1. The van der Waals surface area contributed by atoms with Crippen LogP contribution in [0.25, 0.3) is 0 Å². The number of carbonyl (C=O) groups excluding carboxylic acids is 1. The van der Waals surface area contributed by atoms with Crippen molar-refractivity contribution in [1.29, 1.82) is 0 Å². The molecule has 1 aromatic rings. The van der Waals surface area contributed by atoms with Crippen LogP contribution in [0.3, 0.4) is 0 Å². The lowest BCUT2D eigenvalue weighted by Crippen LogP contribution is -2.43. The van der Waals surface area contributed by atoms with E-state index in [1.165, 1.54) is 12.8 Å². The summed E-state index contributed by atoms with van der Waals surface area (Å²) in [7, 11) is 0. The summed E-state index contributed by atoms with van der Waals surface area (Å²) < 4.78 is 0. The van der Waals surface area contributed by atoms with E-state index >= 15 is 0 Å². The highest BCUT2D eigenvalue weighted by molar-refractivity contribution is 7.99. The zero-order valence-electron chi connectivity index (χ0n) is 11.9. The molecule has 1 N–H and O–H groups in total. The van der Waals surface area contributed by atoms with Crippen molar-refractivity contribution in [2.24, 2.45) is 0 Å². The number of thioether (sulfide) groups is 1. The third-order valence-corrected chi connectivity index (χ3v) is 5.48. The SMILES string of the molecule is CCSC1CCCC1NC(=O)C(S)Cc1ccccc1. The highest BCUT2D eigenvalue weighted by Gasteiger charge is 2.29. The Hall–Kier alpha value is -0.610. The molecule has 0 bridgehead atoms. The Balaban J connectivity index is 1.84. The van der Waals surface area contributed by atoms with Gasteiger partial charge in [0.15, 0.2) is 0 Å². The van der Waals surface area contributed by atoms with Gasteiger partial charge in [-0.1, -0.05) is 43.7 Å². The Morgan fingerprint density at radius 2 is 2.15 bits per heavy atom. The second kappa shape index (κ2) is 7.99. The smallest absolute Gasteiger partial charge is 0.233 e. The van der Waals surface area contributed by atoms with Crippen LogP contribution in [0, 0.1) is 0 Å². The summed E-state index contributed by atoms with van der Waals surface area (Å²) >= 11 is 6.44. The average Bonchev–Trinajstić information content (AvgIpc) is 2.87. The van der Waals surface area contributed by atoms with Crippen LogP contribution >= 0.6 is 24.4 Å². The molecule has 1 amide bonds. The van der Waals surface area contributed by atoms with Gasteiger partial charge < -0.3 is 5.32 Å². The molecule has 0 saturated heterocycles. The van der Waals surface area contributed by atoms with Crippen molar-refractivity contribution in [2.45, 2.75) is 49.1 Å². The summed E-state index contributed by atoms with van der Waals surface area (Å²) in [4.78, 5) is 12.3. The highest BCUT2D eigenvalue weighted by atomic mass is 32.2. The maximum absolute atomic E-state index is 12.3. The van der Waals surface area contributed by atoms with Crippen molar-refractivity contribution in [3.63, 3.8) is 0 Å². The van der Waals surface area contributed by atoms with Crippen LogP contribution in [0.5, 0.6) is 0 Å². The fourth-order valence-electron chi connectivity index (χ4n) is 2.71. The van der Waals surface area contributed by atoms with Crippen LogP contribution in [0.4, 0.5) is 0 Å². The standard InChI is InChI=1S/C16H23NOS2/c1-2-20-15-10-6-9-13(15)17-16(18)14(19)11-12-7-4-3-5-8-12/h3-5,7-8,13-15,19H,2,6,9-11H2,1H3,(H,17,18). The summed E-state index contributed by atoms with van der Waals surface area (Å²) in [6.45, 7) is 2.18. The number of carbonyl (C=O) groups is 1. The van der Waals surface area contributed by atoms with Crippen LogP contribution in [0.1, 0.15) is 31.7 Å². The Bertz CT molecular complexity index is 424. The van der Waals surface area contributed by atoms with Gasteiger partial charge in [-0.2, -0.15) is 24.4 Å². The molecule has 2 rings (SSSR count). The minimum Gasteiger partial charge on any atom is -0.351 e. The fourth-order valence-corrected chi connectivity index (χ4v) is 4.20. The molecule has 3 atom stereocenters. The molecule has 20 heavy (non-hydrogen) atoms. The Labute approximate surface area is 131 Å². The number of rotatable bonds is 6. The van der Waals surface area contributed by atoms with Crippen LogP contribution in [-0.4, -0.2) is 28.2 Å². The van der Waals surface area contributed by atoms with Gasteiger partial charge in [0, 0.05) is 11.3 Å². The molecule has 2 nitrogen and oxygen atoms in total. The molecular weight excluding hydrogens is 286 g/mol. The summed E-state index contributed by atoms with van der Waals surface area (Å²) in [5, 5.41) is 3.52. The number of nitrogens with one attached hydrogen (secondary N) is 1. The molecule has 110 valence electrons. The van der Waals surface area contributed by atoms with Gasteiger partial charge >= 0.3 is 0 Å². The zero-order chi connectivity index (χ0) is 14.4. The van der Waals surface area contributed by atoms with Gasteiger partial charge in [-0.05, 0) is 30.6 Å². The van der Waals surface area contributed by atoms with Crippen molar-refractivity contribution in [2.75, 3.05) is 5.75 Å². The first-order valence-corrected chi connectivity index (χ1v) is 8.91. The lowest BCUT2D eigenvalue weighted by Gasteiger charge is -2.22. The molecule has 0 radical (unpaired) electrons. The van der Waals surface area contributed by atoms with Gasteiger partial charge in [-0.3, -0.25) is 4.79 Å². The van der Waals surface area contributed by atoms with E-state index in [0.717, 1.165) is 17.7 Å². The second-order valence-electron chi connectivity index (χ2n) is 5.25. The minimum absolute atomic E-state index is 0.0748. The Kier molecular flexibility index (Phi) is 6.30. The van der Waals surface area contributed by atoms with Gasteiger partial charge in [0.05, 0.1) is 5.25 Å². The van der Waals surface area contributed by atoms with E-state index < -0.39 is 0 Å². The van der Waals surface area contributed by atoms with Crippen LogP contribution < -0.4 is 5.32 Å². The third kappa shape index (κ3) is 4.45. The van der Waals surface area contributed by atoms with Crippen molar-refractivity contribution >= 4 is 30.3 Å². The molecule has 1 aliphatic rings. The summed E-state index contributed by atoms with van der Waals surface area (Å²) in [5.41, 5.74) is 1.16. The van der Waals surface area contributed by atoms with E-state index in [1.807, 2.05) is 42.1 Å². The predicted molar refractivity (Wildman–Crippen MR) is 90.6 cm³/mol. The number of amides is 1. The van der Waals surface area contributed by atoms with Crippen molar-refractivity contribution in [3.8, 4) is 0 Å². The first-order chi connectivity index (χ1) is 9.70. The first kappa shape index (κ1) is 15.8. The van der Waals surface area contributed by atoms with Gasteiger partial charge in [0.2, 0.25) is 5.91 Å². The molecule has 0 heterocycles. The molecular formula is C16H23NOS2. The van der Waals surface area contributed by atoms with E-state index in [4.69, 9.17) is 0 Å². The van der Waals surface area contributed by atoms with E-state index in [-0.39, 0.29) is 11.2 Å². The van der Waals surface area contributed by atoms with Crippen LogP contribution in [0.2, 0.25) is 0 Å². The quantitative estimate of drug-likeness (QED) is 0.789. The third-order valence-electron chi connectivity index (χ3n) is 3.74. The minimum atomic E-state index is -0.259. The molecule has 1 saturated carbocycles. The van der Waals surface area contributed by atoms with Crippen molar-refractivity contribution in [3.05, 3.63) is 35.9 Å². The lowest BCUT2D eigenvalue weighted by atomic mass is 10.1. The second-order valence-corrected chi connectivity index (χ2v) is 7.38. The maximum Gasteiger partial charge on any atom is 0.233 e. The molecule has 1 fully saturated rings. The topological polar surface area (TPSA) is 29.1 Å². The largest absolute Gasteiger partial charge is 0.351 e. The maximum atomic E-state index is 12.3. The monoisotopic (exact) mass is 309 g/mol. The molecule has 0 spiro atoms. The van der Waals surface area contributed by atoms with E-state index in [1.54, 1.807) is 0 Å². The predicted octanol–water partition coefficient (Wildman–Crippen LogP) is 3.32. The van der Waals surface area contributed by atoms with Crippen LogP contribution in [0.15, 0.2) is 30.3 Å². The summed E-state index contributed by atoms with van der Waals surface area (Å²) in [5.74, 6) is 1.19.